The molecule has 1 aliphatic heterocycles. The molecule has 76 valence electrons. The number of nitrogens with zero attached hydrogens (tertiary/aromatic N) is 1. The molecule has 0 aromatic carbocycles. The second kappa shape index (κ2) is 5.50. The first-order valence-electron chi connectivity index (χ1n) is 4.87. The van der Waals surface area contributed by atoms with Crippen LogP contribution in [0.4, 0.5) is 0 Å². The lowest BCUT2D eigenvalue weighted by Gasteiger charge is -2.22. The van der Waals surface area contributed by atoms with Crippen LogP contribution in [0, 0.1) is 0 Å². The Bertz CT molecular complexity index is 167. The molecule has 0 aromatic rings. The molecule has 0 bridgehead atoms. The molecule has 4 heteroatoms. The van der Waals surface area contributed by atoms with Gasteiger partial charge < -0.3 is 10.6 Å². The fraction of sp³-hybridized carbons (Fsp3) is 0.889. The minimum absolute atomic E-state index is 0.130. The number of carbonyl (C=O) groups is 1. The lowest BCUT2D eigenvalue weighted by atomic mass is 10.2. The molecular formula is C9H18N2OS. The summed E-state index contributed by atoms with van der Waals surface area (Å²) in [6.45, 7) is 3.71. The van der Waals surface area contributed by atoms with Crippen molar-refractivity contribution in [2.45, 2.75) is 25.8 Å². The van der Waals surface area contributed by atoms with E-state index in [4.69, 9.17) is 5.73 Å². The summed E-state index contributed by atoms with van der Waals surface area (Å²) < 4.78 is 0. The molecule has 0 aromatic heterocycles. The molecule has 13 heavy (non-hydrogen) atoms. The van der Waals surface area contributed by atoms with Gasteiger partial charge in [-0.25, -0.2) is 0 Å². The Balaban J connectivity index is 2.43. The molecule has 1 rings (SSSR count). The summed E-state index contributed by atoms with van der Waals surface area (Å²) in [5.74, 6) is 2.36. The molecule has 2 N–H and O–H groups in total. The van der Waals surface area contributed by atoms with Crippen molar-refractivity contribution in [1.29, 1.82) is 0 Å². The molecular weight excluding hydrogens is 184 g/mol. The second-order valence-corrected chi connectivity index (χ2v) is 4.53. The van der Waals surface area contributed by atoms with Crippen molar-refractivity contribution in [3.63, 3.8) is 0 Å². The van der Waals surface area contributed by atoms with E-state index >= 15 is 0 Å². The van der Waals surface area contributed by atoms with Gasteiger partial charge in [-0.15, -0.1) is 0 Å². The Kier molecular flexibility index (Phi) is 4.59. The second-order valence-electron chi connectivity index (χ2n) is 3.31. The van der Waals surface area contributed by atoms with Crippen molar-refractivity contribution in [1.82, 2.24) is 4.90 Å². The topological polar surface area (TPSA) is 46.3 Å². The average molecular weight is 202 g/mol. The highest BCUT2D eigenvalue weighted by atomic mass is 32.2. The van der Waals surface area contributed by atoms with Crippen LogP contribution in [0.15, 0.2) is 0 Å². The summed E-state index contributed by atoms with van der Waals surface area (Å²) >= 11 is 1.92. The first-order chi connectivity index (χ1) is 6.25. The molecule has 0 saturated carbocycles. The van der Waals surface area contributed by atoms with E-state index in [0.717, 1.165) is 31.7 Å². The Morgan fingerprint density at radius 2 is 2.31 bits per heavy atom. The third kappa shape index (κ3) is 3.19. The average Bonchev–Trinajstić information content (AvgIpc) is 2.43. The van der Waals surface area contributed by atoms with Crippen molar-refractivity contribution >= 4 is 17.7 Å². The Labute approximate surface area is 84.0 Å². The van der Waals surface area contributed by atoms with Crippen LogP contribution in [-0.4, -0.2) is 41.4 Å². The highest BCUT2D eigenvalue weighted by Gasteiger charge is 2.20. The standard InChI is InChI=1S/C9H18N2OS/c1-2-8(10)9(12)11-4-3-6-13-7-5-11/h8H,2-7,10H2,1H3/t8-/m0/s1. The molecule has 3 nitrogen and oxygen atoms in total. The summed E-state index contributed by atoms with van der Waals surface area (Å²) in [6.07, 6.45) is 1.84. The van der Waals surface area contributed by atoms with E-state index in [0.29, 0.717) is 0 Å². The van der Waals surface area contributed by atoms with Crippen LogP contribution >= 0.6 is 11.8 Å². The molecule has 0 unspecified atom stereocenters. The van der Waals surface area contributed by atoms with E-state index in [-0.39, 0.29) is 11.9 Å². The lowest BCUT2D eigenvalue weighted by molar-refractivity contribution is -0.132. The van der Waals surface area contributed by atoms with E-state index in [1.165, 1.54) is 5.75 Å². The molecule has 1 atom stereocenters. The van der Waals surface area contributed by atoms with Crippen LogP contribution in [0.1, 0.15) is 19.8 Å². The van der Waals surface area contributed by atoms with E-state index < -0.39 is 0 Å². The maximum atomic E-state index is 11.7. The maximum Gasteiger partial charge on any atom is 0.239 e. The molecule has 0 aliphatic carbocycles. The summed E-state index contributed by atoms with van der Waals surface area (Å²) in [6, 6.07) is -0.289. The lowest BCUT2D eigenvalue weighted by Crippen LogP contribution is -2.44. The normalized spacial score (nSPS) is 20.9. The van der Waals surface area contributed by atoms with Gasteiger partial charge in [-0.3, -0.25) is 4.79 Å². The zero-order valence-electron chi connectivity index (χ0n) is 8.16. The number of rotatable bonds is 2. The van der Waals surface area contributed by atoms with E-state index in [9.17, 15) is 4.79 Å². The van der Waals surface area contributed by atoms with Crippen molar-refractivity contribution in [2.75, 3.05) is 24.6 Å². The third-order valence-corrected chi connectivity index (χ3v) is 3.34. The Hall–Kier alpha value is -0.220. The zero-order valence-corrected chi connectivity index (χ0v) is 8.98. The minimum atomic E-state index is -0.289. The quantitative estimate of drug-likeness (QED) is 0.716. The van der Waals surface area contributed by atoms with Gasteiger partial charge in [0.1, 0.15) is 0 Å². The van der Waals surface area contributed by atoms with Crippen LogP contribution in [0.2, 0.25) is 0 Å². The molecule has 1 amide bonds. The van der Waals surface area contributed by atoms with Crippen molar-refractivity contribution < 1.29 is 4.79 Å². The van der Waals surface area contributed by atoms with Gasteiger partial charge in [0, 0.05) is 18.8 Å². The highest BCUT2D eigenvalue weighted by Crippen LogP contribution is 2.10. The fourth-order valence-corrected chi connectivity index (χ4v) is 2.26. The zero-order chi connectivity index (χ0) is 9.68. The van der Waals surface area contributed by atoms with Gasteiger partial charge in [-0.05, 0) is 18.6 Å². The largest absolute Gasteiger partial charge is 0.340 e. The van der Waals surface area contributed by atoms with Gasteiger partial charge in [-0.2, -0.15) is 11.8 Å². The molecule has 0 spiro atoms. The Morgan fingerprint density at radius 3 is 3.00 bits per heavy atom. The van der Waals surface area contributed by atoms with Gasteiger partial charge in [-0.1, -0.05) is 6.92 Å². The number of carbonyl (C=O) groups excluding carboxylic acids is 1. The van der Waals surface area contributed by atoms with Crippen LogP contribution in [0.5, 0.6) is 0 Å². The third-order valence-electron chi connectivity index (χ3n) is 2.29. The van der Waals surface area contributed by atoms with Gasteiger partial charge in [0.2, 0.25) is 5.91 Å². The van der Waals surface area contributed by atoms with Crippen LogP contribution < -0.4 is 5.73 Å². The van der Waals surface area contributed by atoms with Crippen LogP contribution in [0.3, 0.4) is 0 Å². The predicted octanol–water partition coefficient (Wildman–Crippen LogP) is 0.689. The summed E-state index contributed by atoms with van der Waals surface area (Å²) in [5, 5.41) is 0. The van der Waals surface area contributed by atoms with Crippen LogP contribution in [-0.2, 0) is 4.79 Å². The van der Waals surface area contributed by atoms with E-state index in [1.54, 1.807) is 0 Å². The van der Waals surface area contributed by atoms with Gasteiger partial charge >= 0.3 is 0 Å². The van der Waals surface area contributed by atoms with Crippen molar-refractivity contribution in [3.05, 3.63) is 0 Å². The fourth-order valence-electron chi connectivity index (χ4n) is 1.38. The monoisotopic (exact) mass is 202 g/mol. The van der Waals surface area contributed by atoms with Crippen LogP contribution in [0.25, 0.3) is 0 Å². The van der Waals surface area contributed by atoms with Gasteiger partial charge in [0.15, 0.2) is 0 Å². The number of nitrogens with two attached hydrogens (primary N) is 1. The minimum Gasteiger partial charge on any atom is -0.340 e. The Morgan fingerprint density at radius 1 is 1.54 bits per heavy atom. The SMILES string of the molecule is CC[C@H](N)C(=O)N1CCCSCC1. The number of hydrogen-bond donors (Lipinski definition) is 1. The van der Waals surface area contributed by atoms with Gasteiger partial charge in [0.05, 0.1) is 6.04 Å². The first-order valence-corrected chi connectivity index (χ1v) is 6.03. The predicted molar refractivity (Wildman–Crippen MR) is 56.8 cm³/mol. The van der Waals surface area contributed by atoms with E-state index in [2.05, 4.69) is 0 Å². The molecule has 1 fully saturated rings. The molecule has 1 saturated heterocycles. The van der Waals surface area contributed by atoms with Gasteiger partial charge in [0.25, 0.3) is 0 Å². The molecule has 1 aliphatic rings. The van der Waals surface area contributed by atoms with Crippen molar-refractivity contribution in [3.8, 4) is 0 Å². The summed E-state index contributed by atoms with van der Waals surface area (Å²) in [5.41, 5.74) is 5.70. The summed E-state index contributed by atoms with van der Waals surface area (Å²) in [7, 11) is 0. The number of hydrogen-bond acceptors (Lipinski definition) is 3. The van der Waals surface area contributed by atoms with E-state index in [1.807, 2.05) is 23.6 Å². The highest BCUT2D eigenvalue weighted by molar-refractivity contribution is 7.99. The summed E-state index contributed by atoms with van der Waals surface area (Å²) in [4.78, 5) is 13.6. The number of amides is 1. The first kappa shape index (κ1) is 10.9. The molecule has 1 heterocycles. The van der Waals surface area contributed by atoms with Crippen molar-refractivity contribution in [2.24, 2.45) is 5.73 Å². The molecule has 0 radical (unpaired) electrons. The smallest absolute Gasteiger partial charge is 0.239 e. The number of thioether (sulfide) groups is 1. The maximum absolute atomic E-state index is 11.7.